The Morgan fingerprint density at radius 2 is 2.80 bits per heavy atom. The Balaban J connectivity index is 2.99. The topological polar surface area (TPSA) is 17.1 Å². The van der Waals surface area contributed by atoms with E-state index in [0.29, 0.717) is 6.42 Å². The standard InChI is InChI=1S/C4H8O/c1-3-4(2)5/h3H2,1-2H3/i2D. The van der Waals surface area contributed by atoms with Gasteiger partial charge in [0.1, 0.15) is 5.78 Å². The summed E-state index contributed by atoms with van der Waals surface area (Å²) in [5, 5.41) is 0. The molecule has 0 radical (unpaired) electrons. The van der Waals surface area contributed by atoms with Crippen molar-refractivity contribution < 1.29 is 6.17 Å². The molecule has 0 unspecified atom stereocenters. The van der Waals surface area contributed by atoms with Crippen molar-refractivity contribution in [1.29, 1.82) is 0 Å². The second-order valence-electron chi connectivity index (χ2n) is 0.892. The molecule has 0 N–H and O–H groups in total. The van der Waals surface area contributed by atoms with Crippen molar-refractivity contribution in [3.05, 3.63) is 0 Å². The Hall–Kier alpha value is -0.330. The maximum absolute atomic E-state index is 9.99. The minimum absolute atomic E-state index is 0.00926. The summed E-state index contributed by atoms with van der Waals surface area (Å²) in [7, 11) is 0. The fourth-order valence-electron chi connectivity index (χ4n) is 0. The third-order valence-electron chi connectivity index (χ3n) is 0.394. The summed E-state index contributed by atoms with van der Waals surface area (Å²) >= 11 is 0. The Labute approximate surface area is 33.4 Å². The maximum Gasteiger partial charge on any atom is 0.129 e. The van der Waals surface area contributed by atoms with Crippen LogP contribution >= 0.6 is 0 Å². The zero-order valence-electron chi connectivity index (χ0n) is 4.32. The minimum Gasteiger partial charge on any atom is -0.300 e. The number of ketones is 1. The molecule has 0 heterocycles. The molecule has 1 heteroatoms. The van der Waals surface area contributed by atoms with Gasteiger partial charge in [0, 0.05) is 7.79 Å². The fourth-order valence-corrected chi connectivity index (χ4v) is 0. The van der Waals surface area contributed by atoms with Crippen molar-refractivity contribution in [2.45, 2.75) is 20.2 Å². The Morgan fingerprint density at radius 3 is 2.80 bits per heavy atom. The van der Waals surface area contributed by atoms with Crippen LogP contribution in [0.1, 0.15) is 21.6 Å². The third kappa shape index (κ3) is 3.67. The lowest BCUT2D eigenvalue weighted by Crippen LogP contribution is -1.80. The van der Waals surface area contributed by atoms with Crippen LogP contribution in [0.2, 0.25) is 0 Å². The lowest BCUT2D eigenvalue weighted by atomic mass is 10.4. The van der Waals surface area contributed by atoms with Crippen molar-refractivity contribution in [3.63, 3.8) is 0 Å². The Kier molecular flexibility index (Phi) is 1.12. The van der Waals surface area contributed by atoms with Crippen LogP contribution < -0.4 is 0 Å². The second kappa shape index (κ2) is 1.94. The number of Topliss-reactive ketones (excluding diaryl/α,β-unsaturated/α-hetero) is 1. The highest BCUT2D eigenvalue weighted by molar-refractivity contribution is 5.74. The molecule has 0 atom stereocenters. The van der Waals surface area contributed by atoms with Gasteiger partial charge in [-0.15, -0.1) is 0 Å². The summed E-state index contributed by atoms with van der Waals surface area (Å²) in [5.74, 6) is 0.00926. The highest BCUT2D eigenvalue weighted by Crippen LogP contribution is 1.71. The van der Waals surface area contributed by atoms with Gasteiger partial charge in [-0.1, -0.05) is 6.92 Å². The first-order chi connectivity index (χ1) is 2.81. The van der Waals surface area contributed by atoms with Crippen molar-refractivity contribution in [2.75, 3.05) is 0 Å². The summed E-state index contributed by atoms with van der Waals surface area (Å²) in [6.07, 6.45) is 0.503. The smallest absolute Gasteiger partial charge is 0.129 e. The van der Waals surface area contributed by atoms with Crippen LogP contribution in [0.5, 0.6) is 0 Å². The molecule has 0 aliphatic rings. The van der Waals surface area contributed by atoms with Crippen molar-refractivity contribution in [2.24, 2.45) is 0 Å². The van der Waals surface area contributed by atoms with E-state index in [4.69, 9.17) is 1.37 Å². The van der Waals surface area contributed by atoms with Crippen LogP contribution in [0.25, 0.3) is 0 Å². The van der Waals surface area contributed by atoms with Gasteiger partial charge in [-0.3, -0.25) is 0 Å². The van der Waals surface area contributed by atoms with Gasteiger partial charge in [-0.2, -0.15) is 0 Å². The number of hydrogen-bond acceptors (Lipinski definition) is 1. The van der Waals surface area contributed by atoms with E-state index in [1.54, 1.807) is 6.92 Å². The molecule has 0 saturated heterocycles. The molecule has 0 spiro atoms. The average molecular weight is 73.1 g/mol. The highest BCUT2D eigenvalue weighted by Gasteiger charge is 1.76. The van der Waals surface area contributed by atoms with E-state index >= 15 is 0 Å². The monoisotopic (exact) mass is 73.1 g/mol. The molecule has 0 aliphatic carbocycles. The van der Waals surface area contributed by atoms with Gasteiger partial charge < -0.3 is 4.79 Å². The zero-order valence-corrected chi connectivity index (χ0v) is 3.32. The van der Waals surface area contributed by atoms with Gasteiger partial charge in [0.05, 0.1) is 0 Å². The highest BCUT2D eigenvalue weighted by atomic mass is 16.1. The molecule has 0 fully saturated rings. The summed E-state index contributed by atoms with van der Waals surface area (Å²) < 4.78 is 6.46. The molecular weight excluding hydrogens is 64.0 g/mol. The van der Waals surface area contributed by atoms with Gasteiger partial charge in [0.25, 0.3) is 0 Å². The predicted molar refractivity (Wildman–Crippen MR) is 21.0 cm³/mol. The largest absolute Gasteiger partial charge is 0.300 e. The molecule has 30 valence electrons. The number of carbonyl (C=O) groups is 1. The molecule has 0 bridgehead atoms. The van der Waals surface area contributed by atoms with Crippen LogP contribution in [0.4, 0.5) is 0 Å². The Bertz CT molecular complexity index is 45.5. The van der Waals surface area contributed by atoms with Crippen LogP contribution in [0, 0.1) is 0 Å². The minimum atomic E-state index is -0.0590. The normalized spacial score (nSPS) is 10.2. The fraction of sp³-hybridized carbons (Fsp3) is 0.750. The van der Waals surface area contributed by atoms with Crippen molar-refractivity contribution >= 4 is 5.78 Å². The Morgan fingerprint density at radius 1 is 2.20 bits per heavy atom. The van der Waals surface area contributed by atoms with Crippen molar-refractivity contribution in [3.8, 4) is 0 Å². The number of hydrogen-bond donors (Lipinski definition) is 0. The van der Waals surface area contributed by atoms with Crippen molar-refractivity contribution in [1.82, 2.24) is 0 Å². The molecule has 0 aromatic rings. The molecule has 0 rings (SSSR count). The molecular formula is C4H8O. The summed E-state index contributed by atoms with van der Waals surface area (Å²) in [4.78, 5) is 9.99. The van der Waals surface area contributed by atoms with Gasteiger partial charge in [-0.25, -0.2) is 0 Å². The van der Waals surface area contributed by atoms with E-state index in [0.717, 1.165) is 0 Å². The SMILES string of the molecule is [2H]CC(=O)CC. The van der Waals surface area contributed by atoms with Gasteiger partial charge in [-0.05, 0) is 6.90 Å². The molecule has 0 aromatic carbocycles. The molecule has 0 aromatic heterocycles. The van der Waals surface area contributed by atoms with Crippen LogP contribution in [0.15, 0.2) is 0 Å². The van der Waals surface area contributed by atoms with E-state index in [1.807, 2.05) is 0 Å². The van der Waals surface area contributed by atoms with E-state index in [1.165, 1.54) is 0 Å². The van der Waals surface area contributed by atoms with E-state index < -0.39 is 0 Å². The molecule has 1 nitrogen and oxygen atoms in total. The molecule has 0 saturated carbocycles. The average Bonchev–Trinajstić information content (AvgIpc) is 1.65. The zero-order chi connectivity index (χ0) is 4.99. The molecule has 5 heavy (non-hydrogen) atoms. The maximum atomic E-state index is 9.99. The summed E-state index contributed by atoms with van der Waals surface area (Å²) in [5.41, 5.74) is 0. The number of carbonyl (C=O) groups excluding carboxylic acids is 1. The quantitative estimate of drug-likeness (QED) is 0.452. The van der Waals surface area contributed by atoms with Crippen LogP contribution in [0.3, 0.4) is 0 Å². The van der Waals surface area contributed by atoms with Gasteiger partial charge >= 0.3 is 0 Å². The second-order valence-corrected chi connectivity index (χ2v) is 0.892. The lowest BCUT2D eigenvalue weighted by Gasteiger charge is -1.71. The lowest BCUT2D eigenvalue weighted by molar-refractivity contribution is -0.116. The van der Waals surface area contributed by atoms with Crippen LogP contribution in [-0.2, 0) is 4.79 Å². The molecule has 0 amide bonds. The number of rotatable bonds is 1. The van der Waals surface area contributed by atoms with E-state index in [9.17, 15) is 4.79 Å². The first-order valence-electron chi connectivity index (χ1n) is 2.33. The van der Waals surface area contributed by atoms with E-state index in [-0.39, 0.29) is 12.7 Å². The van der Waals surface area contributed by atoms with Gasteiger partial charge in [0.2, 0.25) is 0 Å². The predicted octanol–water partition coefficient (Wildman–Crippen LogP) is 0.985. The van der Waals surface area contributed by atoms with Gasteiger partial charge in [0.15, 0.2) is 0 Å². The summed E-state index contributed by atoms with van der Waals surface area (Å²) in [6, 6.07) is 0. The first kappa shape index (κ1) is 2.88. The van der Waals surface area contributed by atoms with Crippen LogP contribution in [-0.4, -0.2) is 5.78 Å². The first-order valence-corrected chi connectivity index (χ1v) is 1.62. The van der Waals surface area contributed by atoms with E-state index in [2.05, 4.69) is 0 Å². The third-order valence-corrected chi connectivity index (χ3v) is 0.394. The molecule has 0 aliphatic heterocycles. The summed E-state index contributed by atoms with van der Waals surface area (Å²) in [6.45, 7) is 1.70.